The molecule has 8 nitrogen and oxygen atoms in total. The summed E-state index contributed by atoms with van der Waals surface area (Å²) in [6, 6.07) is 1.53. The Labute approximate surface area is 105 Å². The zero-order chi connectivity index (χ0) is 13.6. The third-order valence-corrected chi connectivity index (χ3v) is 2.74. The Balaban J connectivity index is 2.40. The minimum atomic E-state index is -1.20. The molecule has 96 valence electrons. The SMILES string of the molecule is Cn1cc(-n2nc(C(=O)O)c3[nH]ccc3c2=O)cn1. The van der Waals surface area contributed by atoms with E-state index in [-0.39, 0.29) is 16.6 Å². The molecular formula is C11H9N5O3. The fraction of sp³-hybridized carbons (Fsp3) is 0.0909. The summed E-state index contributed by atoms with van der Waals surface area (Å²) in [5.41, 5.74) is 0.0356. The van der Waals surface area contributed by atoms with Crippen molar-refractivity contribution >= 4 is 16.9 Å². The summed E-state index contributed by atoms with van der Waals surface area (Å²) >= 11 is 0. The Morgan fingerprint density at radius 3 is 2.89 bits per heavy atom. The van der Waals surface area contributed by atoms with Crippen molar-refractivity contribution in [2.45, 2.75) is 0 Å². The number of nitrogens with one attached hydrogen (secondary N) is 1. The van der Waals surface area contributed by atoms with Gasteiger partial charge in [0.25, 0.3) is 5.56 Å². The summed E-state index contributed by atoms with van der Waals surface area (Å²) in [6.45, 7) is 0. The van der Waals surface area contributed by atoms with Crippen LogP contribution in [0.4, 0.5) is 0 Å². The number of hydrogen-bond acceptors (Lipinski definition) is 4. The number of aromatic amines is 1. The Morgan fingerprint density at radius 2 is 2.26 bits per heavy atom. The molecule has 0 aliphatic carbocycles. The van der Waals surface area contributed by atoms with Crippen LogP contribution in [0.2, 0.25) is 0 Å². The van der Waals surface area contributed by atoms with Gasteiger partial charge in [0.15, 0.2) is 5.69 Å². The molecule has 0 atom stereocenters. The van der Waals surface area contributed by atoms with Gasteiger partial charge in [-0.15, -0.1) is 0 Å². The second-order valence-electron chi connectivity index (χ2n) is 4.01. The zero-order valence-corrected chi connectivity index (χ0v) is 9.86. The maximum absolute atomic E-state index is 12.2. The molecule has 0 spiro atoms. The molecule has 8 heteroatoms. The number of rotatable bonds is 2. The molecule has 0 unspecified atom stereocenters. The highest BCUT2D eigenvalue weighted by atomic mass is 16.4. The van der Waals surface area contributed by atoms with Crippen LogP contribution in [-0.2, 0) is 7.05 Å². The van der Waals surface area contributed by atoms with Crippen molar-refractivity contribution < 1.29 is 9.90 Å². The molecule has 3 heterocycles. The van der Waals surface area contributed by atoms with Gasteiger partial charge in [-0.25, -0.2) is 4.79 Å². The van der Waals surface area contributed by atoms with Crippen LogP contribution in [0.3, 0.4) is 0 Å². The van der Waals surface area contributed by atoms with E-state index in [9.17, 15) is 9.59 Å². The van der Waals surface area contributed by atoms with Gasteiger partial charge < -0.3 is 10.1 Å². The van der Waals surface area contributed by atoms with E-state index in [1.807, 2.05) is 0 Å². The Bertz CT molecular complexity index is 842. The molecule has 0 saturated heterocycles. The summed E-state index contributed by atoms with van der Waals surface area (Å²) < 4.78 is 2.54. The number of H-pyrrole nitrogens is 1. The lowest BCUT2D eigenvalue weighted by Crippen LogP contribution is -2.23. The highest BCUT2D eigenvalue weighted by Gasteiger charge is 2.18. The summed E-state index contributed by atoms with van der Waals surface area (Å²) in [5, 5.41) is 17.2. The molecule has 0 fully saturated rings. The van der Waals surface area contributed by atoms with E-state index in [1.165, 1.54) is 23.1 Å². The monoisotopic (exact) mass is 259 g/mol. The predicted molar refractivity (Wildman–Crippen MR) is 65.4 cm³/mol. The first-order chi connectivity index (χ1) is 9.08. The third kappa shape index (κ3) is 1.61. The molecule has 0 radical (unpaired) electrons. The summed E-state index contributed by atoms with van der Waals surface area (Å²) in [5.74, 6) is -1.20. The molecule has 19 heavy (non-hydrogen) atoms. The number of aromatic nitrogens is 5. The van der Waals surface area contributed by atoms with Crippen LogP contribution in [0.25, 0.3) is 16.6 Å². The number of hydrogen-bond donors (Lipinski definition) is 2. The maximum atomic E-state index is 12.2. The van der Waals surface area contributed by atoms with Gasteiger partial charge in [0, 0.05) is 13.2 Å². The summed E-state index contributed by atoms with van der Waals surface area (Å²) in [4.78, 5) is 26.1. The Kier molecular flexibility index (Phi) is 2.24. The van der Waals surface area contributed by atoms with Crippen molar-refractivity contribution in [2.24, 2.45) is 7.05 Å². The first-order valence-corrected chi connectivity index (χ1v) is 5.40. The van der Waals surface area contributed by atoms with Crippen LogP contribution in [0, 0.1) is 0 Å². The normalized spacial score (nSPS) is 11.0. The van der Waals surface area contributed by atoms with Gasteiger partial charge >= 0.3 is 5.97 Å². The lowest BCUT2D eigenvalue weighted by Gasteiger charge is -2.03. The van der Waals surface area contributed by atoms with Crippen molar-refractivity contribution in [3.8, 4) is 5.69 Å². The minimum absolute atomic E-state index is 0.205. The number of nitrogens with zero attached hydrogens (tertiary/aromatic N) is 4. The fourth-order valence-electron chi connectivity index (χ4n) is 1.90. The van der Waals surface area contributed by atoms with Gasteiger partial charge in [-0.1, -0.05) is 0 Å². The second kappa shape index (κ2) is 3.80. The van der Waals surface area contributed by atoms with Crippen LogP contribution < -0.4 is 5.56 Å². The molecule has 0 aliphatic rings. The molecule has 3 aromatic rings. The quantitative estimate of drug-likeness (QED) is 0.681. The molecule has 0 saturated carbocycles. The standard InChI is InChI=1S/C11H9N5O3/c1-15-5-6(4-13-15)16-10(17)7-2-3-12-8(7)9(14-16)11(18)19/h2-5,12H,1H3,(H,18,19). The van der Waals surface area contributed by atoms with Gasteiger partial charge in [-0.2, -0.15) is 14.9 Å². The average molecular weight is 259 g/mol. The van der Waals surface area contributed by atoms with E-state index in [2.05, 4.69) is 15.2 Å². The number of carboxylic acid groups (broad SMARTS) is 1. The van der Waals surface area contributed by atoms with Crippen molar-refractivity contribution in [3.63, 3.8) is 0 Å². The number of carbonyl (C=O) groups is 1. The highest BCUT2D eigenvalue weighted by Crippen LogP contribution is 2.13. The Hall–Kier alpha value is -2.90. The molecule has 0 amide bonds. The van der Waals surface area contributed by atoms with E-state index in [4.69, 9.17) is 5.11 Å². The average Bonchev–Trinajstić information content (AvgIpc) is 2.98. The van der Waals surface area contributed by atoms with Gasteiger partial charge in [-0.3, -0.25) is 9.48 Å². The molecular weight excluding hydrogens is 250 g/mol. The molecule has 2 N–H and O–H groups in total. The molecule has 0 bridgehead atoms. The topological polar surface area (TPSA) is 106 Å². The van der Waals surface area contributed by atoms with Crippen molar-refractivity contribution in [3.05, 3.63) is 40.7 Å². The number of aromatic carboxylic acids is 1. The van der Waals surface area contributed by atoms with Crippen molar-refractivity contribution in [1.29, 1.82) is 0 Å². The first-order valence-electron chi connectivity index (χ1n) is 5.40. The molecule has 0 aliphatic heterocycles. The van der Waals surface area contributed by atoms with Crippen molar-refractivity contribution in [2.75, 3.05) is 0 Å². The minimum Gasteiger partial charge on any atom is -0.476 e. The van der Waals surface area contributed by atoms with E-state index >= 15 is 0 Å². The summed E-state index contributed by atoms with van der Waals surface area (Å²) in [7, 11) is 1.70. The second-order valence-corrected chi connectivity index (χ2v) is 4.01. The lowest BCUT2D eigenvalue weighted by atomic mass is 10.3. The molecule has 3 aromatic heterocycles. The highest BCUT2D eigenvalue weighted by molar-refractivity contribution is 5.99. The number of fused-ring (bicyclic) bond motifs is 1. The van der Waals surface area contributed by atoms with Gasteiger partial charge in [0.1, 0.15) is 5.69 Å². The number of aryl methyl sites for hydroxylation is 1. The van der Waals surface area contributed by atoms with Gasteiger partial charge in [-0.05, 0) is 6.07 Å². The predicted octanol–water partition coefficient (Wildman–Crippen LogP) is 0.146. The first kappa shape index (κ1) is 11.2. The zero-order valence-electron chi connectivity index (χ0n) is 9.86. The van der Waals surface area contributed by atoms with Crippen molar-refractivity contribution in [1.82, 2.24) is 24.5 Å². The van der Waals surface area contributed by atoms with Crippen LogP contribution in [-0.4, -0.2) is 35.6 Å². The van der Waals surface area contributed by atoms with E-state index in [0.717, 1.165) is 4.68 Å². The Morgan fingerprint density at radius 1 is 1.47 bits per heavy atom. The van der Waals surface area contributed by atoms with Gasteiger partial charge in [0.2, 0.25) is 0 Å². The van der Waals surface area contributed by atoms with Gasteiger partial charge in [0.05, 0.1) is 23.3 Å². The summed E-state index contributed by atoms with van der Waals surface area (Å²) in [6.07, 6.45) is 4.53. The smallest absolute Gasteiger partial charge is 0.358 e. The van der Waals surface area contributed by atoms with E-state index < -0.39 is 11.5 Å². The van der Waals surface area contributed by atoms with Crippen LogP contribution >= 0.6 is 0 Å². The molecule has 0 aromatic carbocycles. The third-order valence-electron chi connectivity index (χ3n) is 2.74. The van der Waals surface area contributed by atoms with Crippen LogP contribution in [0.1, 0.15) is 10.5 Å². The van der Waals surface area contributed by atoms with Crippen LogP contribution in [0.5, 0.6) is 0 Å². The fourth-order valence-corrected chi connectivity index (χ4v) is 1.90. The van der Waals surface area contributed by atoms with Crippen LogP contribution in [0.15, 0.2) is 29.5 Å². The largest absolute Gasteiger partial charge is 0.476 e. The van der Waals surface area contributed by atoms with E-state index in [1.54, 1.807) is 13.2 Å². The van der Waals surface area contributed by atoms with E-state index in [0.29, 0.717) is 5.69 Å². The maximum Gasteiger partial charge on any atom is 0.358 e. The molecule has 3 rings (SSSR count). The number of carboxylic acids is 1. The lowest BCUT2D eigenvalue weighted by molar-refractivity contribution is 0.0690.